The van der Waals surface area contributed by atoms with Crippen LogP contribution in [0.1, 0.15) is 22.8 Å². The fourth-order valence-corrected chi connectivity index (χ4v) is 2.97. The number of aryl methyl sites for hydroxylation is 3. The first-order chi connectivity index (χ1) is 13.3. The van der Waals surface area contributed by atoms with Crippen molar-refractivity contribution >= 4 is 17.6 Å². The summed E-state index contributed by atoms with van der Waals surface area (Å²) in [5, 5.41) is 11.5. The molecular formula is C20H23N5O3. The maximum absolute atomic E-state index is 12.2. The van der Waals surface area contributed by atoms with E-state index < -0.39 is 11.9 Å². The summed E-state index contributed by atoms with van der Waals surface area (Å²) in [6, 6.07) is 11.5. The van der Waals surface area contributed by atoms with Crippen LogP contribution in [0.4, 0.5) is 5.69 Å². The van der Waals surface area contributed by atoms with Gasteiger partial charge in [-0.05, 0) is 45.9 Å². The van der Waals surface area contributed by atoms with E-state index in [4.69, 9.17) is 4.74 Å². The van der Waals surface area contributed by atoms with Gasteiger partial charge in [-0.2, -0.15) is 10.2 Å². The minimum Gasteiger partial charge on any atom is -0.454 e. The molecule has 1 amide bonds. The van der Waals surface area contributed by atoms with Gasteiger partial charge in [0, 0.05) is 5.69 Å². The number of hydrogen-bond acceptors (Lipinski definition) is 5. The number of nitrogens with zero attached hydrogens (tertiary/aromatic N) is 4. The van der Waals surface area contributed by atoms with Gasteiger partial charge in [-0.25, -0.2) is 4.68 Å². The number of amides is 1. The molecule has 1 N–H and O–H groups in total. The number of rotatable bonds is 6. The number of anilines is 1. The molecule has 2 heterocycles. The molecule has 146 valence electrons. The van der Waals surface area contributed by atoms with E-state index in [1.807, 2.05) is 64.1 Å². The first-order valence-electron chi connectivity index (χ1n) is 8.93. The summed E-state index contributed by atoms with van der Waals surface area (Å²) in [5.74, 6) is -0.935. The Bertz CT molecular complexity index is 1000. The normalized spacial score (nSPS) is 10.7. The Hall–Kier alpha value is -3.42. The summed E-state index contributed by atoms with van der Waals surface area (Å²) in [6.07, 6.45) is 0. The van der Waals surface area contributed by atoms with E-state index in [1.165, 1.54) is 0 Å². The smallest absolute Gasteiger partial charge is 0.328 e. The molecular weight excluding hydrogens is 358 g/mol. The lowest BCUT2D eigenvalue weighted by molar-refractivity contribution is -0.148. The van der Waals surface area contributed by atoms with Gasteiger partial charge in [-0.15, -0.1) is 0 Å². The number of nitrogens with one attached hydrogen (secondary N) is 1. The van der Waals surface area contributed by atoms with Crippen molar-refractivity contribution in [3.63, 3.8) is 0 Å². The third kappa shape index (κ3) is 4.28. The van der Waals surface area contributed by atoms with Crippen LogP contribution in [-0.2, 0) is 20.9 Å². The number of carbonyl (C=O) groups excluding carboxylic acids is 2. The number of carbonyl (C=O) groups is 2. The van der Waals surface area contributed by atoms with E-state index >= 15 is 0 Å². The lowest BCUT2D eigenvalue weighted by Gasteiger charge is -2.08. The van der Waals surface area contributed by atoms with Crippen LogP contribution in [0.15, 0.2) is 36.4 Å². The lowest BCUT2D eigenvalue weighted by atomic mass is 10.3. The quantitative estimate of drug-likeness (QED) is 0.663. The second kappa shape index (κ2) is 8.08. The zero-order valence-corrected chi connectivity index (χ0v) is 16.4. The number of esters is 1. The monoisotopic (exact) mass is 381 g/mol. The average molecular weight is 381 g/mol. The maximum Gasteiger partial charge on any atom is 0.328 e. The van der Waals surface area contributed by atoms with Crippen LogP contribution < -0.4 is 5.32 Å². The molecule has 8 heteroatoms. The molecule has 8 nitrogen and oxygen atoms in total. The molecule has 0 fully saturated rings. The van der Waals surface area contributed by atoms with Gasteiger partial charge in [0.1, 0.15) is 6.54 Å². The maximum atomic E-state index is 12.2. The second-order valence-corrected chi connectivity index (χ2v) is 6.59. The van der Waals surface area contributed by atoms with E-state index in [9.17, 15) is 9.59 Å². The second-order valence-electron chi connectivity index (χ2n) is 6.59. The third-order valence-corrected chi connectivity index (χ3v) is 4.30. The van der Waals surface area contributed by atoms with Gasteiger partial charge in [0.25, 0.3) is 5.91 Å². The first-order valence-corrected chi connectivity index (χ1v) is 8.93. The molecule has 0 atom stereocenters. The van der Waals surface area contributed by atoms with Crippen LogP contribution in [0, 0.1) is 27.7 Å². The van der Waals surface area contributed by atoms with E-state index in [1.54, 1.807) is 9.36 Å². The summed E-state index contributed by atoms with van der Waals surface area (Å²) in [4.78, 5) is 24.2. The molecule has 0 unspecified atom stereocenters. The van der Waals surface area contributed by atoms with Crippen molar-refractivity contribution in [3.05, 3.63) is 59.2 Å². The summed E-state index contributed by atoms with van der Waals surface area (Å²) in [5.41, 5.74) is 4.68. The fourth-order valence-electron chi connectivity index (χ4n) is 2.97. The minimum absolute atomic E-state index is 0.0308. The number of benzene rings is 1. The highest BCUT2D eigenvalue weighted by atomic mass is 16.5. The third-order valence-electron chi connectivity index (χ3n) is 4.30. The molecule has 28 heavy (non-hydrogen) atoms. The summed E-state index contributed by atoms with van der Waals surface area (Å²) < 4.78 is 8.39. The predicted molar refractivity (Wildman–Crippen MR) is 104 cm³/mol. The fraction of sp³-hybridized carbons (Fsp3) is 0.300. The van der Waals surface area contributed by atoms with Gasteiger partial charge in [0.05, 0.1) is 28.5 Å². The average Bonchev–Trinajstić information content (AvgIpc) is 3.13. The Morgan fingerprint density at radius 3 is 2.43 bits per heavy atom. The molecule has 0 aliphatic rings. The zero-order chi connectivity index (χ0) is 20.3. The van der Waals surface area contributed by atoms with Crippen molar-refractivity contribution in [2.45, 2.75) is 34.2 Å². The van der Waals surface area contributed by atoms with Crippen LogP contribution in [0.5, 0.6) is 0 Å². The van der Waals surface area contributed by atoms with Gasteiger partial charge >= 0.3 is 5.97 Å². The highest BCUT2D eigenvalue weighted by molar-refractivity contribution is 5.93. The van der Waals surface area contributed by atoms with Crippen molar-refractivity contribution in [2.75, 3.05) is 11.9 Å². The summed E-state index contributed by atoms with van der Waals surface area (Å²) in [6.45, 7) is 7.00. The van der Waals surface area contributed by atoms with Crippen LogP contribution in [0.3, 0.4) is 0 Å². The number of aromatic nitrogens is 4. The molecule has 0 aliphatic heterocycles. The highest BCUT2D eigenvalue weighted by Gasteiger charge is 2.16. The Morgan fingerprint density at radius 2 is 1.79 bits per heavy atom. The Balaban J connectivity index is 1.60. The van der Waals surface area contributed by atoms with Crippen molar-refractivity contribution in [3.8, 4) is 5.69 Å². The Kier molecular flexibility index (Phi) is 5.58. The van der Waals surface area contributed by atoms with Crippen LogP contribution in [0.25, 0.3) is 5.69 Å². The van der Waals surface area contributed by atoms with E-state index in [0.29, 0.717) is 11.4 Å². The Labute approximate surface area is 163 Å². The minimum atomic E-state index is -0.519. The van der Waals surface area contributed by atoms with Crippen LogP contribution in [-0.4, -0.2) is 38.0 Å². The zero-order valence-electron chi connectivity index (χ0n) is 16.4. The molecule has 0 aliphatic carbocycles. The van der Waals surface area contributed by atoms with Crippen LogP contribution >= 0.6 is 0 Å². The first kappa shape index (κ1) is 19.3. The largest absolute Gasteiger partial charge is 0.454 e. The summed E-state index contributed by atoms with van der Waals surface area (Å²) in [7, 11) is 0. The number of hydrogen-bond donors (Lipinski definition) is 1. The predicted octanol–water partition coefficient (Wildman–Crippen LogP) is 2.48. The van der Waals surface area contributed by atoms with Crippen molar-refractivity contribution < 1.29 is 14.3 Å². The van der Waals surface area contributed by atoms with Gasteiger partial charge < -0.3 is 10.1 Å². The molecule has 0 saturated heterocycles. The standard InChI is InChI=1S/C20H23N5O3/c1-13-10-14(2)24(22-13)11-19(27)28-12-18(26)21-20-15(3)23-25(16(20)4)17-8-6-5-7-9-17/h5-10H,11-12H2,1-4H3,(H,21,26). The topological polar surface area (TPSA) is 91.0 Å². The van der Waals surface area contributed by atoms with Gasteiger partial charge in [0.2, 0.25) is 0 Å². The van der Waals surface area contributed by atoms with Gasteiger partial charge in [-0.3, -0.25) is 14.3 Å². The number of ether oxygens (including phenoxy) is 1. The van der Waals surface area contributed by atoms with E-state index in [-0.39, 0.29) is 13.2 Å². The Morgan fingerprint density at radius 1 is 1.07 bits per heavy atom. The van der Waals surface area contributed by atoms with Crippen molar-refractivity contribution in [2.24, 2.45) is 0 Å². The van der Waals surface area contributed by atoms with Crippen molar-refractivity contribution in [1.82, 2.24) is 19.6 Å². The molecule has 0 spiro atoms. The number of para-hydroxylation sites is 1. The molecule has 3 rings (SSSR count). The molecule has 2 aromatic heterocycles. The molecule has 3 aromatic rings. The molecule has 1 aromatic carbocycles. The van der Waals surface area contributed by atoms with E-state index in [0.717, 1.165) is 22.8 Å². The molecule has 0 radical (unpaired) electrons. The van der Waals surface area contributed by atoms with Gasteiger partial charge in [-0.1, -0.05) is 18.2 Å². The molecule has 0 bridgehead atoms. The van der Waals surface area contributed by atoms with E-state index in [2.05, 4.69) is 15.5 Å². The van der Waals surface area contributed by atoms with Crippen LogP contribution in [0.2, 0.25) is 0 Å². The lowest BCUT2D eigenvalue weighted by Crippen LogP contribution is -2.24. The van der Waals surface area contributed by atoms with Crippen molar-refractivity contribution in [1.29, 1.82) is 0 Å². The van der Waals surface area contributed by atoms with Gasteiger partial charge in [0.15, 0.2) is 6.61 Å². The SMILES string of the molecule is Cc1cc(C)n(CC(=O)OCC(=O)Nc2c(C)nn(-c3ccccc3)c2C)n1. The highest BCUT2D eigenvalue weighted by Crippen LogP contribution is 2.22. The summed E-state index contributed by atoms with van der Waals surface area (Å²) >= 11 is 0. The molecule has 0 saturated carbocycles.